The maximum Gasteiger partial charge on any atom is 0.143 e. The Morgan fingerprint density at radius 1 is 0.348 bits per heavy atom. The average molecular weight is 588 g/mol. The number of hydrogen-bond donors (Lipinski definition) is 0. The molecule has 2 nitrogen and oxygen atoms in total. The number of fused-ring (bicyclic) bond motifs is 6. The summed E-state index contributed by atoms with van der Waals surface area (Å²) in [5.74, 6) is 0. The first-order valence-corrected chi connectivity index (χ1v) is 15.7. The molecular formula is C44H29NO. The third kappa shape index (κ3) is 4.43. The monoisotopic (exact) mass is 587 g/mol. The van der Waals surface area contributed by atoms with E-state index in [1.54, 1.807) is 0 Å². The van der Waals surface area contributed by atoms with E-state index < -0.39 is 0 Å². The summed E-state index contributed by atoms with van der Waals surface area (Å²) >= 11 is 0. The van der Waals surface area contributed by atoms with Crippen LogP contribution in [0, 0.1) is 0 Å². The van der Waals surface area contributed by atoms with Crippen LogP contribution < -0.4 is 4.90 Å². The van der Waals surface area contributed by atoms with Gasteiger partial charge < -0.3 is 9.32 Å². The topological polar surface area (TPSA) is 16.4 Å². The minimum atomic E-state index is 0.907. The molecule has 9 rings (SSSR count). The summed E-state index contributed by atoms with van der Waals surface area (Å²) in [6.07, 6.45) is 0. The average Bonchev–Trinajstić information content (AvgIpc) is 3.51. The van der Waals surface area contributed by atoms with Gasteiger partial charge in [-0.3, -0.25) is 0 Å². The lowest BCUT2D eigenvalue weighted by Gasteiger charge is -2.27. The van der Waals surface area contributed by atoms with Gasteiger partial charge in [0.25, 0.3) is 0 Å². The molecule has 0 aliphatic heterocycles. The zero-order valence-corrected chi connectivity index (χ0v) is 25.1. The van der Waals surface area contributed by atoms with Crippen LogP contribution in [0.25, 0.3) is 65.7 Å². The number of anilines is 3. The van der Waals surface area contributed by atoms with E-state index in [2.05, 4.69) is 169 Å². The molecule has 9 aromatic rings. The molecule has 0 saturated heterocycles. The van der Waals surface area contributed by atoms with Crippen LogP contribution in [0.3, 0.4) is 0 Å². The molecule has 2 heteroatoms. The van der Waals surface area contributed by atoms with Gasteiger partial charge in [0.15, 0.2) is 0 Å². The molecule has 0 atom stereocenters. The largest absolute Gasteiger partial charge is 0.455 e. The van der Waals surface area contributed by atoms with Crippen molar-refractivity contribution in [2.75, 3.05) is 4.90 Å². The molecule has 0 fully saturated rings. The minimum absolute atomic E-state index is 0.907. The molecule has 0 radical (unpaired) electrons. The van der Waals surface area contributed by atoms with Gasteiger partial charge in [-0.15, -0.1) is 0 Å². The molecule has 0 aliphatic rings. The predicted octanol–water partition coefficient (Wildman–Crippen LogP) is 12.7. The van der Waals surface area contributed by atoms with Crippen LogP contribution in [0.4, 0.5) is 17.1 Å². The summed E-state index contributed by atoms with van der Waals surface area (Å²) in [4.78, 5) is 2.35. The second kappa shape index (κ2) is 10.8. The Hall–Kier alpha value is -6.12. The molecule has 0 saturated carbocycles. The summed E-state index contributed by atoms with van der Waals surface area (Å²) in [5, 5.41) is 7.26. The van der Waals surface area contributed by atoms with Gasteiger partial charge in [0.1, 0.15) is 11.2 Å². The van der Waals surface area contributed by atoms with Gasteiger partial charge in [0.05, 0.1) is 0 Å². The van der Waals surface area contributed by atoms with Crippen molar-refractivity contribution in [2.45, 2.75) is 0 Å². The van der Waals surface area contributed by atoms with E-state index in [1.165, 1.54) is 32.7 Å². The zero-order valence-electron chi connectivity index (χ0n) is 25.1. The number of furan rings is 1. The Kier molecular flexibility index (Phi) is 6.17. The van der Waals surface area contributed by atoms with Crippen LogP contribution in [0.1, 0.15) is 0 Å². The van der Waals surface area contributed by atoms with Gasteiger partial charge in [-0.05, 0) is 80.7 Å². The van der Waals surface area contributed by atoms with E-state index >= 15 is 0 Å². The molecule has 0 amide bonds. The van der Waals surface area contributed by atoms with Crippen LogP contribution in [-0.2, 0) is 0 Å². The van der Waals surface area contributed by atoms with E-state index in [9.17, 15) is 0 Å². The molecule has 0 unspecified atom stereocenters. The summed E-state index contributed by atoms with van der Waals surface area (Å²) in [6.45, 7) is 0. The number of nitrogens with zero attached hydrogens (tertiary/aromatic N) is 1. The van der Waals surface area contributed by atoms with Crippen LogP contribution in [0.15, 0.2) is 180 Å². The third-order valence-corrected chi connectivity index (χ3v) is 9.04. The highest BCUT2D eigenvalue weighted by Gasteiger charge is 2.17. The molecule has 8 aromatic carbocycles. The zero-order chi connectivity index (χ0) is 30.5. The normalized spacial score (nSPS) is 11.5. The van der Waals surface area contributed by atoms with Crippen molar-refractivity contribution in [3.8, 4) is 22.3 Å². The Bertz CT molecular complexity index is 2530. The fraction of sp³-hybridized carbons (Fsp3) is 0. The number of benzene rings is 8. The SMILES string of the molecule is c1ccc(-c2ccc(N(c3cccc(-c4cccc5c4oc4ccccc45)c3)c3ccc4c(ccc5ccccc54)c3)cc2)cc1. The van der Waals surface area contributed by atoms with Gasteiger partial charge in [0.2, 0.25) is 0 Å². The Morgan fingerprint density at radius 2 is 0.978 bits per heavy atom. The van der Waals surface area contributed by atoms with E-state index in [1.807, 2.05) is 12.1 Å². The first-order valence-electron chi connectivity index (χ1n) is 15.7. The molecule has 0 spiro atoms. The molecule has 0 aliphatic carbocycles. The third-order valence-electron chi connectivity index (χ3n) is 9.04. The van der Waals surface area contributed by atoms with Gasteiger partial charge in [-0.2, -0.15) is 0 Å². The van der Waals surface area contributed by atoms with Crippen LogP contribution in [0.2, 0.25) is 0 Å². The Labute approximate surface area is 267 Å². The highest BCUT2D eigenvalue weighted by atomic mass is 16.3. The lowest BCUT2D eigenvalue weighted by Crippen LogP contribution is -2.10. The standard InChI is InChI=1S/C44H29NO/c1-2-10-30(11-3-1)31-22-24-35(25-23-31)45(37-26-27-39-34(29-37)21-20-32-12-4-5-15-38(32)39)36-14-8-13-33(28-36)40-17-9-18-42-41-16-6-7-19-43(41)46-44(40)42/h1-29H. The lowest BCUT2D eigenvalue weighted by atomic mass is 9.99. The van der Waals surface area contributed by atoms with Crippen molar-refractivity contribution in [1.82, 2.24) is 0 Å². The first-order chi connectivity index (χ1) is 22.8. The second-order valence-corrected chi connectivity index (χ2v) is 11.8. The second-order valence-electron chi connectivity index (χ2n) is 11.8. The van der Waals surface area contributed by atoms with Crippen molar-refractivity contribution in [1.29, 1.82) is 0 Å². The number of rotatable bonds is 5. The quantitative estimate of drug-likeness (QED) is 0.186. The van der Waals surface area contributed by atoms with Crippen molar-refractivity contribution >= 4 is 60.5 Å². The van der Waals surface area contributed by atoms with Gasteiger partial charge in [0, 0.05) is 33.4 Å². The molecule has 1 aromatic heterocycles. The lowest BCUT2D eigenvalue weighted by molar-refractivity contribution is 0.670. The maximum absolute atomic E-state index is 6.43. The fourth-order valence-corrected chi connectivity index (χ4v) is 6.81. The minimum Gasteiger partial charge on any atom is -0.455 e. The first kappa shape index (κ1) is 26.3. The van der Waals surface area contributed by atoms with Gasteiger partial charge >= 0.3 is 0 Å². The molecule has 46 heavy (non-hydrogen) atoms. The fourth-order valence-electron chi connectivity index (χ4n) is 6.81. The van der Waals surface area contributed by atoms with Gasteiger partial charge in [-0.25, -0.2) is 0 Å². The number of para-hydroxylation sites is 2. The summed E-state index contributed by atoms with van der Waals surface area (Å²) in [5.41, 5.74) is 9.70. The van der Waals surface area contributed by atoms with Crippen LogP contribution in [0.5, 0.6) is 0 Å². The molecule has 216 valence electrons. The van der Waals surface area contributed by atoms with Crippen molar-refractivity contribution in [3.05, 3.63) is 176 Å². The predicted molar refractivity (Wildman–Crippen MR) is 194 cm³/mol. The summed E-state index contributed by atoms with van der Waals surface area (Å²) < 4.78 is 6.43. The van der Waals surface area contributed by atoms with E-state index in [0.717, 1.165) is 50.1 Å². The number of hydrogen-bond acceptors (Lipinski definition) is 2. The van der Waals surface area contributed by atoms with Crippen molar-refractivity contribution in [3.63, 3.8) is 0 Å². The van der Waals surface area contributed by atoms with E-state index in [0.29, 0.717) is 0 Å². The smallest absolute Gasteiger partial charge is 0.143 e. The van der Waals surface area contributed by atoms with Crippen LogP contribution in [-0.4, -0.2) is 0 Å². The molecule has 0 N–H and O–H groups in total. The Balaban J connectivity index is 1.21. The molecule has 0 bridgehead atoms. The summed E-state index contributed by atoms with van der Waals surface area (Å²) in [6, 6.07) is 62.8. The van der Waals surface area contributed by atoms with Crippen molar-refractivity contribution in [2.24, 2.45) is 0 Å². The molecule has 1 heterocycles. The van der Waals surface area contributed by atoms with E-state index in [4.69, 9.17) is 4.42 Å². The van der Waals surface area contributed by atoms with Crippen LogP contribution >= 0.6 is 0 Å². The highest BCUT2D eigenvalue weighted by Crippen LogP contribution is 2.41. The molecular weight excluding hydrogens is 558 g/mol. The summed E-state index contributed by atoms with van der Waals surface area (Å²) in [7, 11) is 0. The Morgan fingerprint density at radius 3 is 1.87 bits per heavy atom. The van der Waals surface area contributed by atoms with E-state index in [-0.39, 0.29) is 0 Å². The highest BCUT2D eigenvalue weighted by molar-refractivity contribution is 6.10. The van der Waals surface area contributed by atoms with Gasteiger partial charge in [-0.1, -0.05) is 133 Å². The van der Waals surface area contributed by atoms with Crippen molar-refractivity contribution < 1.29 is 4.42 Å². The maximum atomic E-state index is 6.43.